The number of carbonyl (C=O) groups is 2. The molecule has 0 unspecified atom stereocenters. The molecule has 1 amide bonds. The summed E-state index contributed by atoms with van der Waals surface area (Å²) in [6, 6.07) is 6.59. The van der Waals surface area contributed by atoms with Crippen molar-refractivity contribution in [2.75, 3.05) is 13.2 Å². The molecule has 1 N–H and O–H groups in total. The minimum atomic E-state index is -0.475. The van der Waals surface area contributed by atoms with Crippen molar-refractivity contribution in [1.29, 1.82) is 0 Å². The monoisotopic (exact) mass is 517 g/mol. The lowest BCUT2D eigenvalue weighted by Crippen LogP contribution is -2.18. The highest BCUT2D eigenvalue weighted by Gasteiger charge is 2.12. The molecule has 0 atom stereocenters. The second kappa shape index (κ2) is 10.4. The summed E-state index contributed by atoms with van der Waals surface area (Å²) < 4.78 is 11.5. The largest absolute Gasteiger partial charge is 0.480 e. The first kappa shape index (κ1) is 21.3. The van der Waals surface area contributed by atoms with Crippen molar-refractivity contribution < 1.29 is 19.1 Å². The molecule has 1 heterocycles. The van der Waals surface area contributed by atoms with E-state index >= 15 is 0 Å². The SMILES string of the molecule is CCOC(=O)COc1c(Br)cc(C=NNC(=O)c2cccnc2Cl)cc1Br. The number of hydrogen-bond donors (Lipinski definition) is 1. The molecule has 142 valence electrons. The lowest BCUT2D eigenvalue weighted by Gasteiger charge is -2.10. The van der Waals surface area contributed by atoms with Gasteiger partial charge in [-0.3, -0.25) is 4.79 Å². The quantitative estimate of drug-likeness (QED) is 0.259. The second-order valence-electron chi connectivity index (χ2n) is 4.95. The van der Waals surface area contributed by atoms with Crippen LogP contribution in [0.2, 0.25) is 5.15 Å². The zero-order valence-corrected chi connectivity index (χ0v) is 18.0. The van der Waals surface area contributed by atoms with Crippen LogP contribution in [0.5, 0.6) is 5.75 Å². The number of nitrogens with zero attached hydrogens (tertiary/aromatic N) is 2. The van der Waals surface area contributed by atoms with Gasteiger partial charge in [0.05, 0.1) is 27.3 Å². The summed E-state index contributed by atoms with van der Waals surface area (Å²) in [7, 11) is 0. The Morgan fingerprint density at radius 3 is 2.67 bits per heavy atom. The first-order valence-electron chi connectivity index (χ1n) is 7.63. The van der Waals surface area contributed by atoms with Gasteiger partial charge in [0.1, 0.15) is 10.9 Å². The Labute approximate surface area is 177 Å². The molecular formula is C17H14Br2ClN3O4. The van der Waals surface area contributed by atoms with Crippen LogP contribution in [0.15, 0.2) is 44.5 Å². The average Bonchev–Trinajstić information content (AvgIpc) is 2.61. The molecule has 0 fully saturated rings. The number of nitrogens with one attached hydrogen (secondary N) is 1. The molecule has 1 aromatic heterocycles. The van der Waals surface area contributed by atoms with Gasteiger partial charge in [0.25, 0.3) is 5.91 Å². The molecule has 2 aromatic rings. The fraction of sp³-hybridized carbons (Fsp3) is 0.176. The first-order valence-corrected chi connectivity index (χ1v) is 9.60. The zero-order chi connectivity index (χ0) is 19.8. The van der Waals surface area contributed by atoms with E-state index in [4.69, 9.17) is 21.1 Å². The Kier molecular flexibility index (Phi) is 8.21. The number of benzene rings is 1. The minimum absolute atomic E-state index is 0.0961. The van der Waals surface area contributed by atoms with E-state index in [1.807, 2.05) is 0 Å². The highest BCUT2D eigenvalue weighted by molar-refractivity contribution is 9.11. The molecule has 0 saturated carbocycles. The highest BCUT2D eigenvalue weighted by atomic mass is 79.9. The molecule has 7 nitrogen and oxygen atoms in total. The van der Waals surface area contributed by atoms with Crippen LogP contribution in [-0.2, 0) is 9.53 Å². The summed E-state index contributed by atoms with van der Waals surface area (Å²) in [5.41, 5.74) is 3.28. The summed E-state index contributed by atoms with van der Waals surface area (Å²) >= 11 is 12.6. The van der Waals surface area contributed by atoms with Gasteiger partial charge in [-0.15, -0.1) is 0 Å². The minimum Gasteiger partial charge on any atom is -0.480 e. The molecule has 1 aromatic carbocycles. The van der Waals surface area contributed by atoms with E-state index in [0.717, 1.165) is 0 Å². The molecule has 27 heavy (non-hydrogen) atoms. The molecule has 0 saturated heterocycles. The summed E-state index contributed by atoms with van der Waals surface area (Å²) in [4.78, 5) is 27.2. The Morgan fingerprint density at radius 2 is 2.04 bits per heavy atom. The van der Waals surface area contributed by atoms with E-state index in [1.54, 1.807) is 31.2 Å². The van der Waals surface area contributed by atoms with Crippen LogP contribution in [0.3, 0.4) is 0 Å². The summed E-state index contributed by atoms with van der Waals surface area (Å²) in [5, 5.41) is 4.00. The number of hydrazone groups is 1. The van der Waals surface area contributed by atoms with Gasteiger partial charge in [0, 0.05) is 6.20 Å². The third-order valence-electron chi connectivity index (χ3n) is 3.04. The number of hydrogen-bond acceptors (Lipinski definition) is 6. The normalized spacial score (nSPS) is 10.7. The third-order valence-corrected chi connectivity index (χ3v) is 4.52. The van der Waals surface area contributed by atoms with Crippen molar-refractivity contribution in [1.82, 2.24) is 10.4 Å². The van der Waals surface area contributed by atoms with Crippen LogP contribution in [0.25, 0.3) is 0 Å². The molecule has 10 heteroatoms. The fourth-order valence-electron chi connectivity index (χ4n) is 1.91. The van der Waals surface area contributed by atoms with Gasteiger partial charge in [-0.2, -0.15) is 5.10 Å². The van der Waals surface area contributed by atoms with Crippen LogP contribution in [0.1, 0.15) is 22.8 Å². The molecule has 0 aliphatic heterocycles. The number of pyridine rings is 1. The van der Waals surface area contributed by atoms with Crippen molar-refractivity contribution in [3.05, 3.63) is 55.7 Å². The molecule has 0 bridgehead atoms. The number of ether oxygens (including phenoxy) is 2. The van der Waals surface area contributed by atoms with Crippen LogP contribution >= 0.6 is 43.5 Å². The maximum absolute atomic E-state index is 12.0. The fourth-order valence-corrected chi connectivity index (χ4v) is 3.56. The Hall–Kier alpha value is -1.97. The zero-order valence-electron chi connectivity index (χ0n) is 14.0. The Balaban J connectivity index is 2.03. The van der Waals surface area contributed by atoms with Gasteiger partial charge in [0.15, 0.2) is 6.61 Å². The number of esters is 1. The van der Waals surface area contributed by atoms with Gasteiger partial charge in [-0.25, -0.2) is 15.2 Å². The van der Waals surface area contributed by atoms with Crippen LogP contribution in [0.4, 0.5) is 0 Å². The van der Waals surface area contributed by atoms with E-state index in [1.165, 1.54) is 12.4 Å². The third kappa shape index (κ3) is 6.30. The van der Waals surface area contributed by atoms with Crippen molar-refractivity contribution >= 4 is 61.6 Å². The number of carbonyl (C=O) groups excluding carboxylic acids is 2. The first-order chi connectivity index (χ1) is 12.9. The number of aromatic nitrogens is 1. The Bertz CT molecular complexity index is 854. The van der Waals surface area contributed by atoms with Gasteiger partial charge >= 0.3 is 5.97 Å². The van der Waals surface area contributed by atoms with Gasteiger partial charge in [-0.1, -0.05) is 11.6 Å². The number of rotatable bonds is 7. The van der Waals surface area contributed by atoms with Crippen molar-refractivity contribution in [3.8, 4) is 5.75 Å². The van der Waals surface area contributed by atoms with Crippen LogP contribution in [-0.4, -0.2) is 36.3 Å². The standard InChI is InChI=1S/C17H14Br2ClN3O4/c1-2-26-14(24)9-27-15-12(18)6-10(7-13(15)19)8-22-23-17(25)11-4-3-5-21-16(11)20/h3-8H,2,9H2,1H3,(H,23,25). The maximum atomic E-state index is 12.0. The molecule has 0 aliphatic rings. The summed E-state index contributed by atoms with van der Waals surface area (Å²) in [6.07, 6.45) is 2.94. The molecule has 0 spiro atoms. The smallest absolute Gasteiger partial charge is 0.344 e. The lowest BCUT2D eigenvalue weighted by molar-refractivity contribution is -0.145. The maximum Gasteiger partial charge on any atom is 0.344 e. The van der Waals surface area contributed by atoms with E-state index in [-0.39, 0.29) is 23.9 Å². The predicted molar refractivity (Wildman–Crippen MR) is 108 cm³/mol. The van der Waals surface area contributed by atoms with Gasteiger partial charge in [0.2, 0.25) is 0 Å². The lowest BCUT2D eigenvalue weighted by atomic mass is 10.2. The van der Waals surface area contributed by atoms with Gasteiger partial charge in [-0.05, 0) is 68.6 Å². The van der Waals surface area contributed by atoms with Crippen molar-refractivity contribution in [3.63, 3.8) is 0 Å². The predicted octanol–water partition coefficient (Wildman–Crippen LogP) is 3.97. The molecular weight excluding hydrogens is 505 g/mol. The summed E-state index contributed by atoms with van der Waals surface area (Å²) in [6.45, 7) is 1.80. The van der Waals surface area contributed by atoms with E-state index in [2.05, 4.69) is 47.4 Å². The van der Waals surface area contributed by atoms with Crippen molar-refractivity contribution in [2.45, 2.75) is 6.92 Å². The van der Waals surface area contributed by atoms with E-state index in [9.17, 15) is 9.59 Å². The Morgan fingerprint density at radius 1 is 1.33 bits per heavy atom. The van der Waals surface area contributed by atoms with E-state index < -0.39 is 11.9 Å². The number of halogens is 3. The van der Waals surface area contributed by atoms with Gasteiger partial charge < -0.3 is 9.47 Å². The topological polar surface area (TPSA) is 89.9 Å². The second-order valence-corrected chi connectivity index (χ2v) is 7.01. The van der Waals surface area contributed by atoms with Crippen molar-refractivity contribution in [2.24, 2.45) is 5.10 Å². The molecule has 2 rings (SSSR count). The molecule has 0 aliphatic carbocycles. The number of amides is 1. The van der Waals surface area contributed by atoms with Crippen LogP contribution in [0, 0.1) is 0 Å². The van der Waals surface area contributed by atoms with Crippen LogP contribution < -0.4 is 10.2 Å². The molecule has 0 radical (unpaired) electrons. The summed E-state index contributed by atoms with van der Waals surface area (Å²) in [5.74, 6) is -0.484. The highest BCUT2D eigenvalue weighted by Crippen LogP contribution is 2.34. The average molecular weight is 520 g/mol. The van der Waals surface area contributed by atoms with E-state index in [0.29, 0.717) is 20.3 Å².